The number of aryl methyl sites for hydroxylation is 2. The number of esters is 1. The first kappa shape index (κ1) is 14.3. The molecule has 0 atom stereocenters. The van der Waals surface area contributed by atoms with Crippen molar-refractivity contribution in [2.75, 3.05) is 12.3 Å². The molecule has 0 amide bonds. The van der Waals surface area contributed by atoms with E-state index in [-0.39, 0.29) is 5.97 Å². The van der Waals surface area contributed by atoms with Gasteiger partial charge in [-0.15, -0.1) is 0 Å². The fraction of sp³-hybridized carbons (Fsp3) is 0.400. The third-order valence-electron chi connectivity index (χ3n) is 2.83. The average Bonchev–Trinajstić information content (AvgIpc) is 2.37. The number of carbonyl (C=O) groups is 1. The SMILES string of the molecule is CCOC(=O)/C=C\c1cc(CC)c(N)c(CC)c1. The van der Waals surface area contributed by atoms with Gasteiger partial charge in [-0.3, -0.25) is 0 Å². The van der Waals surface area contributed by atoms with E-state index in [0.29, 0.717) is 6.61 Å². The Labute approximate surface area is 109 Å². The lowest BCUT2D eigenvalue weighted by molar-refractivity contribution is -0.137. The molecule has 3 nitrogen and oxygen atoms in total. The van der Waals surface area contributed by atoms with Crippen LogP contribution in [0.25, 0.3) is 6.08 Å². The van der Waals surface area contributed by atoms with Crippen LogP contribution in [0.3, 0.4) is 0 Å². The molecule has 0 aliphatic rings. The highest BCUT2D eigenvalue weighted by atomic mass is 16.5. The summed E-state index contributed by atoms with van der Waals surface area (Å²) in [7, 11) is 0. The van der Waals surface area contributed by atoms with Crippen molar-refractivity contribution in [3.63, 3.8) is 0 Å². The molecule has 0 heterocycles. The Hall–Kier alpha value is -1.77. The summed E-state index contributed by atoms with van der Waals surface area (Å²) >= 11 is 0. The maximum absolute atomic E-state index is 11.3. The quantitative estimate of drug-likeness (QED) is 0.494. The molecule has 0 saturated heterocycles. The average molecular weight is 247 g/mol. The first-order valence-corrected chi connectivity index (χ1v) is 6.38. The predicted molar refractivity (Wildman–Crippen MR) is 75.3 cm³/mol. The molecular weight excluding hydrogens is 226 g/mol. The van der Waals surface area contributed by atoms with Gasteiger partial charge in [0.25, 0.3) is 0 Å². The van der Waals surface area contributed by atoms with Gasteiger partial charge < -0.3 is 10.5 Å². The van der Waals surface area contributed by atoms with Crippen molar-refractivity contribution >= 4 is 17.7 Å². The molecule has 1 aromatic carbocycles. The third-order valence-corrected chi connectivity index (χ3v) is 2.83. The molecule has 18 heavy (non-hydrogen) atoms. The van der Waals surface area contributed by atoms with Gasteiger partial charge in [0, 0.05) is 11.8 Å². The Morgan fingerprint density at radius 1 is 1.22 bits per heavy atom. The summed E-state index contributed by atoms with van der Waals surface area (Å²) in [6.07, 6.45) is 5.00. The molecule has 0 saturated carbocycles. The molecule has 0 aliphatic carbocycles. The first-order chi connectivity index (χ1) is 8.62. The van der Waals surface area contributed by atoms with E-state index in [9.17, 15) is 4.79 Å². The van der Waals surface area contributed by atoms with Crippen molar-refractivity contribution in [3.05, 3.63) is 34.9 Å². The van der Waals surface area contributed by atoms with Gasteiger partial charge in [0.1, 0.15) is 0 Å². The summed E-state index contributed by atoms with van der Waals surface area (Å²) in [5, 5.41) is 0. The molecular formula is C15H21NO2. The van der Waals surface area contributed by atoms with Crippen molar-refractivity contribution in [3.8, 4) is 0 Å². The summed E-state index contributed by atoms with van der Waals surface area (Å²) in [4.78, 5) is 11.3. The molecule has 3 heteroatoms. The van der Waals surface area contributed by atoms with E-state index in [2.05, 4.69) is 13.8 Å². The van der Waals surface area contributed by atoms with Crippen LogP contribution in [0.2, 0.25) is 0 Å². The van der Waals surface area contributed by atoms with Crippen LogP contribution in [-0.4, -0.2) is 12.6 Å². The monoisotopic (exact) mass is 247 g/mol. The van der Waals surface area contributed by atoms with E-state index >= 15 is 0 Å². The Morgan fingerprint density at radius 3 is 2.22 bits per heavy atom. The number of ether oxygens (including phenoxy) is 1. The van der Waals surface area contributed by atoms with E-state index in [0.717, 1.165) is 35.2 Å². The van der Waals surface area contributed by atoms with Crippen LogP contribution in [0.4, 0.5) is 5.69 Å². The highest BCUT2D eigenvalue weighted by Gasteiger charge is 2.04. The number of hydrogen-bond donors (Lipinski definition) is 1. The van der Waals surface area contributed by atoms with Gasteiger partial charge in [-0.05, 0) is 54.7 Å². The lowest BCUT2D eigenvalue weighted by atomic mass is 9.99. The fourth-order valence-electron chi connectivity index (χ4n) is 1.84. The number of rotatable bonds is 5. The minimum atomic E-state index is -0.314. The van der Waals surface area contributed by atoms with Crippen molar-refractivity contribution in [2.45, 2.75) is 33.6 Å². The lowest BCUT2D eigenvalue weighted by Crippen LogP contribution is -2.01. The van der Waals surface area contributed by atoms with Crippen molar-refractivity contribution < 1.29 is 9.53 Å². The van der Waals surface area contributed by atoms with Gasteiger partial charge in [-0.25, -0.2) is 4.79 Å². The second-order valence-electron chi connectivity index (χ2n) is 4.05. The molecule has 0 fully saturated rings. The van der Waals surface area contributed by atoms with E-state index < -0.39 is 0 Å². The zero-order chi connectivity index (χ0) is 13.5. The second kappa shape index (κ2) is 6.84. The van der Waals surface area contributed by atoms with Gasteiger partial charge >= 0.3 is 5.97 Å². The van der Waals surface area contributed by atoms with Crippen LogP contribution >= 0.6 is 0 Å². The summed E-state index contributed by atoms with van der Waals surface area (Å²) in [5.41, 5.74) is 10.2. The molecule has 0 radical (unpaired) electrons. The predicted octanol–water partition coefficient (Wildman–Crippen LogP) is 2.97. The molecule has 0 unspecified atom stereocenters. The molecule has 1 aromatic rings. The zero-order valence-corrected chi connectivity index (χ0v) is 11.3. The van der Waals surface area contributed by atoms with E-state index in [4.69, 9.17) is 10.5 Å². The fourth-order valence-corrected chi connectivity index (χ4v) is 1.84. The number of benzene rings is 1. The normalized spacial score (nSPS) is 10.8. The molecule has 0 spiro atoms. The number of hydrogen-bond acceptors (Lipinski definition) is 3. The molecule has 2 N–H and O–H groups in total. The summed E-state index contributed by atoms with van der Waals surface area (Å²) in [6, 6.07) is 4.04. The van der Waals surface area contributed by atoms with Gasteiger partial charge in [0.15, 0.2) is 0 Å². The number of carbonyl (C=O) groups excluding carboxylic acids is 1. The van der Waals surface area contributed by atoms with Crippen LogP contribution in [0.15, 0.2) is 18.2 Å². The van der Waals surface area contributed by atoms with Crippen LogP contribution < -0.4 is 5.73 Å². The van der Waals surface area contributed by atoms with Crippen LogP contribution in [0.5, 0.6) is 0 Å². The number of anilines is 1. The molecule has 1 rings (SSSR count). The van der Waals surface area contributed by atoms with Gasteiger partial charge in [-0.1, -0.05) is 13.8 Å². The van der Waals surface area contributed by atoms with Gasteiger partial charge in [0.05, 0.1) is 6.61 Å². The smallest absolute Gasteiger partial charge is 0.330 e. The number of nitrogens with two attached hydrogens (primary N) is 1. The maximum Gasteiger partial charge on any atom is 0.330 e. The molecule has 0 aliphatic heterocycles. The van der Waals surface area contributed by atoms with Crippen molar-refractivity contribution in [2.24, 2.45) is 0 Å². The van der Waals surface area contributed by atoms with Crippen LogP contribution in [-0.2, 0) is 22.4 Å². The highest BCUT2D eigenvalue weighted by molar-refractivity contribution is 5.87. The minimum absolute atomic E-state index is 0.314. The Kier molecular flexibility index (Phi) is 5.43. The minimum Gasteiger partial charge on any atom is -0.463 e. The largest absolute Gasteiger partial charge is 0.463 e. The Morgan fingerprint density at radius 2 is 1.78 bits per heavy atom. The first-order valence-electron chi connectivity index (χ1n) is 6.38. The second-order valence-corrected chi connectivity index (χ2v) is 4.05. The van der Waals surface area contributed by atoms with Crippen molar-refractivity contribution in [1.29, 1.82) is 0 Å². The summed E-state index contributed by atoms with van der Waals surface area (Å²) in [5.74, 6) is -0.314. The topological polar surface area (TPSA) is 52.3 Å². The lowest BCUT2D eigenvalue weighted by Gasteiger charge is -2.10. The molecule has 98 valence electrons. The molecule has 0 aromatic heterocycles. The zero-order valence-electron chi connectivity index (χ0n) is 11.3. The van der Waals surface area contributed by atoms with Gasteiger partial charge in [-0.2, -0.15) is 0 Å². The van der Waals surface area contributed by atoms with Crippen LogP contribution in [0, 0.1) is 0 Å². The summed E-state index contributed by atoms with van der Waals surface area (Å²) < 4.78 is 4.85. The van der Waals surface area contributed by atoms with E-state index in [1.807, 2.05) is 12.1 Å². The Balaban J connectivity index is 2.99. The van der Waals surface area contributed by atoms with E-state index in [1.165, 1.54) is 6.08 Å². The maximum atomic E-state index is 11.3. The molecule has 0 bridgehead atoms. The third kappa shape index (κ3) is 3.62. The highest BCUT2D eigenvalue weighted by Crippen LogP contribution is 2.22. The van der Waals surface area contributed by atoms with Crippen molar-refractivity contribution in [1.82, 2.24) is 0 Å². The van der Waals surface area contributed by atoms with Gasteiger partial charge in [0.2, 0.25) is 0 Å². The Bertz CT molecular complexity index is 425. The standard InChI is InChI=1S/C15H21NO2/c1-4-12-9-11(7-8-14(17)18-6-3)10-13(5-2)15(12)16/h7-10H,4-6,16H2,1-3H3/b8-7-. The number of nitrogen functional groups attached to an aromatic ring is 1. The van der Waals surface area contributed by atoms with E-state index in [1.54, 1.807) is 13.0 Å². The summed E-state index contributed by atoms with van der Waals surface area (Å²) in [6.45, 7) is 6.33. The van der Waals surface area contributed by atoms with Crippen LogP contribution in [0.1, 0.15) is 37.5 Å².